The van der Waals surface area contributed by atoms with E-state index in [1.54, 1.807) is 4.52 Å². The Balaban J connectivity index is 1.60. The molecule has 0 aliphatic rings. The molecule has 0 aliphatic heterocycles. The van der Waals surface area contributed by atoms with Crippen LogP contribution in [0.1, 0.15) is 5.01 Å². The highest BCUT2D eigenvalue weighted by Crippen LogP contribution is 2.23. The predicted octanol–water partition coefficient (Wildman–Crippen LogP) is 4.19. The van der Waals surface area contributed by atoms with Crippen LogP contribution in [-0.2, 0) is 6.61 Å². The van der Waals surface area contributed by atoms with Gasteiger partial charge in [-0.15, -0.1) is 10.2 Å². The minimum Gasteiger partial charge on any atom is -0.486 e. The van der Waals surface area contributed by atoms with Gasteiger partial charge in [-0.3, -0.25) is 0 Å². The van der Waals surface area contributed by atoms with Gasteiger partial charge in [0.25, 0.3) is 0 Å². The van der Waals surface area contributed by atoms with E-state index in [0.29, 0.717) is 6.61 Å². The van der Waals surface area contributed by atoms with Gasteiger partial charge >= 0.3 is 0 Å². The topological polar surface area (TPSA) is 52.3 Å². The van der Waals surface area contributed by atoms with Crippen LogP contribution >= 0.6 is 27.3 Å². The van der Waals surface area contributed by atoms with E-state index in [1.165, 1.54) is 11.3 Å². The van der Waals surface area contributed by atoms with Crippen LogP contribution in [0.25, 0.3) is 16.3 Å². The van der Waals surface area contributed by atoms with Gasteiger partial charge in [0.15, 0.2) is 10.8 Å². The summed E-state index contributed by atoms with van der Waals surface area (Å²) in [5.41, 5.74) is 0.974. The van der Waals surface area contributed by atoms with Gasteiger partial charge in [0.1, 0.15) is 12.4 Å². The van der Waals surface area contributed by atoms with E-state index in [2.05, 4.69) is 31.2 Å². The van der Waals surface area contributed by atoms with E-state index in [4.69, 9.17) is 4.74 Å². The molecule has 0 spiro atoms. The number of para-hydroxylation sites is 1. The fourth-order valence-corrected chi connectivity index (χ4v) is 3.17. The maximum Gasteiger partial charge on any atom is 0.235 e. The normalized spacial score (nSPS) is 11.0. The molecular weight excluding hydrogens is 376 g/mol. The van der Waals surface area contributed by atoms with Crippen LogP contribution in [0.15, 0.2) is 59.1 Å². The highest BCUT2D eigenvalue weighted by Gasteiger charge is 2.13. The molecule has 0 bridgehead atoms. The molecule has 0 saturated heterocycles. The van der Waals surface area contributed by atoms with Crippen molar-refractivity contribution in [2.45, 2.75) is 6.61 Å². The van der Waals surface area contributed by atoms with E-state index in [-0.39, 0.29) is 0 Å². The minimum absolute atomic E-state index is 0.415. The third-order valence-electron chi connectivity index (χ3n) is 3.24. The molecule has 0 aliphatic carbocycles. The highest BCUT2D eigenvalue weighted by atomic mass is 79.9. The summed E-state index contributed by atoms with van der Waals surface area (Å²) in [6.07, 6.45) is 0. The van der Waals surface area contributed by atoms with Crippen molar-refractivity contribution in [1.29, 1.82) is 0 Å². The summed E-state index contributed by atoms with van der Waals surface area (Å²) in [6, 6.07) is 17.6. The average molecular weight is 387 g/mol. The van der Waals surface area contributed by atoms with Gasteiger partial charge in [-0.05, 0) is 24.3 Å². The summed E-state index contributed by atoms with van der Waals surface area (Å²) in [5, 5.41) is 13.8. The van der Waals surface area contributed by atoms with Gasteiger partial charge < -0.3 is 4.74 Å². The summed E-state index contributed by atoms with van der Waals surface area (Å²) in [7, 11) is 0. The smallest absolute Gasteiger partial charge is 0.235 e. The second-order valence-corrected chi connectivity index (χ2v) is 6.78. The average Bonchev–Trinajstić information content (AvgIpc) is 3.15. The van der Waals surface area contributed by atoms with Crippen LogP contribution in [0.4, 0.5) is 0 Å². The summed E-state index contributed by atoms with van der Waals surface area (Å²) in [6.45, 7) is 0.415. The van der Waals surface area contributed by atoms with Crippen molar-refractivity contribution in [3.05, 3.63) is 64.1 Å². The third-order valence-corrected chi connectivity index (χ3v) is 4.64. The summed E-state index contributed by atoms with van der Waals surface area (Å²) in [5.74, 6) is 1.56. The second kappa shape index (κ2) is 6.10. The molecule has 5 nitrogen and oxygen atoms in total. The monoisotopic (exact) mass is 386 g/mol. The van der Waals surface area contributed by atoms with Gasteiger partial charge in [0.2, 0.25) is 4.96 Å². The number of aromatic nitrogens is 4. The molecule has 0 radical (unpaired) electrons. The lowest BCUT2D eigenvalue weighted by atomic mass is 10.2. The first-order chi connectivity index (χ1) is 11.3. The van der Waals surface area contributed by atoms with Crippen molar-refractivity contribution in [2.24, 2.45) is 0 Å². The largest absolute Gasteiger partial charge is 0.486 e. The first-order valence-electron chi connectivity index (χ1n) is 6.94. The Morgan fingerprint density at radius 3 is 2.57 bits per heavy atom. The van der Waals surface area contributed by atoms with Gasteiger partial charge in [0, 0.05) is 10.0 Å². The second-order valence-electron chi connectivity index (χ2n) is 4.82. The molecule has 2 aromatic heterocycles. The molecule has 114 valence electrons. The van der Waals surface area contributed by atoms with Crippen molar-refractivity contribution >= 4 is 32.2 Å². The molecule has 4 rings (SSSR count). The number of rotatable bonds is 4. The lowest BCUT2D eigenvalue weighted by Crippen LogP contribution is -1.97. The summed E-state index contributed by atoms with van der Waals surface area (Å²) < 4.78 is 8.52. The maximum absolute atomic E-state index is 5.73. The molecule has 23 heavy (non-hydrogen) atoms. The van der Waals surface area contributed by atoms with Crippen LogP contribution in [0.5, 0.6) is 5.75 Å². The number of halogens is 1. The van der Waals surface area contributed by atoms with Crippen molar-refractivity contribution < 1.29 is 4.74 Å². The summed E-state index contributed by atoms with van der Waals surface area (Å²) >= 11 is 4.91. The molecular formula is C16H11BrN4OS. The molecule has 2 aromatic carbocycles. The van der Waals surface area contributed by atoms with Crippen LogP contribution in [0, 0.1) is 0 Å². The van der Waals surface area contributed by atoms with E-state index in [9.17, 15) is 0 Å². The van der Waals surface area contributed by atoms with E-state index in [1.807, 2.05) is 54.6 Å². The number of benzene rings is 2. The van der Waals surface area contributed by atoms with Crippen LogP contribution in [0.2, 0.25) is 0 Å². The Morgan fingerprint density at radius 1 is 1.00 bits per heavy atom. The lowest BCUT2D eigenvalue weighted by Gasteiger charge is -2.02. The molecule has 0 atom stereocenters. The zero-order valence-corrected chi connectivity index (χ0v) is 14.3. The van der Waals surface area contributed by atoms with Crippen LogP contribution in [-0.4, -0.2) is 19.8 Å². The Bertz CT molecular complexity index is 934. The number of hydrogen-bond acceptors (Lipinski definition) is 5. The van der Waals surface area contributed by atoms with Gasteiger partial charge in [-0.1, -0.05) is 57.6 Å². The van der Waals surface area contributed by atoms with Crippen molar-refractivity contribution in [1.82, 2.24) is 19.8 Å². The molecule has 2 heterocycles. The Kier molecular flexibility index (Phi) is 3.80. The van der Waals surface area contributed by atoms with Crippen molar-refractivity contribution in [3.63, 3.8) is 0 Å². The lowest BCUT2D eigenvalue weighted by molar-refractivity contribution is 0.304. The Hall–Kier alpha value is -2.25. The molecule has 0 fully saturated rings. The zero-order chi connectivity index (χ0) is 15.6. The summed E-state index contributed by atoms with van der Waals surface area (Å²) in [4.78, 5) is 0.759. The van der Waals surface area contributed by atoms with Crippen molar-refractivity contribution in [3.8, 4) is 17.1 Å². The quantitative estimate of drug-likeness (QED) is 0.527. The molecule has 4 aromatic rings. The maximum atomic E-state index is 5.73. The van der Waals surface area contributed by atoms with E-state index in [0.717, 1.165) is 31.6 Å². The molecule has 0 saturated carbocycles. The Morgan fingerprint density at radius 2 is 1.78 bits per heavy atom. The fraction of sp³-hybridized carbons (Fsp3) is 0.0625. The fourth-order valence-electron chi connectivity index (χ4n) is 2.16. The number of nitrogens with zero attached hydrogens (tertiary/aromatic N) is 4. The predicted molar refractivity (Wildman–Crippen MR) is 92.6 cm³/mol. The van der Waals surface area contributed by atoms with Gasteiger partial charge in [-0.25, -0.2) is 0 Å². The van der Waals surface area contributed by atoms with Crippen LogP contribution in [0.3, 0.4) is 0 Å². The van der Waals surface area contributed by atoms with Gasteiger partial charge in [0.05, 0.1) is 0 Å². The molecule has 0 N–H and O–H groups in total. The van der Waals surface area contributed by atoms with Crippen molar-refractivity contribution in [2.75, 3.05) is 0 Å². The van der Waals surface area contributed by atoms with Crippen LogP contribution < -0.4 is 4.74 Å². The minimum atomic E-state index is 0.415. The molecule has 7 heteroatoms. The molecule has 0 unspecified atom stereocenters. The third kappa shape index (κ3) is 2.97. The Labute approximate surface area is 144 Å². The number of hydrogen-bond donors (Lipinski definition) is 0. The van der Waals surface area contributed by atoms with E-state index < -0.39 is 0 Å². The SMILES string of the molecule is Brc1ccc(-c2nnc3sc(COc4ccccc4)nn23)cc1. The zero-order valence-electron chi connectivity index (χ0n) is 11.9. The number of ether oxygens (including phenoxy) is 1. The highest BCUT2D eigenvalue weighted by molar-refractivity contribution is 9.10. The standard InChI is InChI=1S/C16H11BrN4OS/c17-12-8-6-11(7-9-12)15-18-19-16-21(15)20-14(23-16)10-22-13-4-2-1-3-5-13/h1-9H,10H2. The van der Waals surface area contributed by atoms with Gasteiger partial charge in [-0.2, -0.15) is 9.61 Å². The molecule has 0 amide bonds. The first kappa shape index (κ1) is 14.3. The first-order valence-corrected chi connectivity index (χ1v) is 8.55. The number of fused-ring (bicyclic) bond motifs is 1. The van der Waals surface area contributed by atoms with E-state index >= 15 is 0 Å².